The highest BCUT2D eigenvalue weighted by Crippen LogP contribution is 2.31. The van der Waals surface area contributed by atoms with Gasteiger partial charge in [0.05, 0.1) is 12.1 Å². The van der Waals surface area contributed by atoms with E-state index in [4.69, 9.17) is 16.3 Å². The zero-order chi connectivity index (χ0) is 15.4. The van der Waals surface area contributed by atoms with E-state index >= 15 is 0 Å². The lowest BCUT2D eigenvalue weighted by Gasteiger charge is -2.17. The molecule has 0 heterocycles. The van der Waals surface area contributed by atoms with Crippen LogP contribution in [0.2, 0.25) is 5.02 Å². The molecule has 0 saturated carbocycles. The topological polar surface area (TPSA) is 21.3 Å². The minimum atomic E-state index is 0.507. The summed E-state index contributed by atoms with van der Waals surface area (Å²) >= 11 is 6.25. The molecule has 2 aromatic carbocycles. The van der Waals surface area contributed by atoms with Gasteiger partial charge in [-0.15, -0.1) is 0 Å². The van der Waals surface area contributed by atoms with Gasteiger partial charge in [-0.05, 0) is 54.5 Å². The zero-order valence-electron chi connectivity index (χ0n) is 12.9. The third-order valence-corrected chi connectivity index (χ3v) is 4.67. The Labute approximate surface area is 137 Å². The maximum absolute atomic E-state index is 6.25. The Morgan fingerprint density at radius 1 is 1.18 bits per heavy atom. The van der Waals surface area contributed by atoms with Crippen molar-refractivity contribution in [2.24, 2.45) is 0 Å². The maximum Gasteiger partial charge on any atom is 0.137 e. The van der Waals surface area contributed by atoms with Crippen LogP contribution in [0.4, 0.5) is 0 Å². The van der Waals surface area contributed by atoms with Crippen LogP contribution in [-0.2, 0) is 19.4 Å². The first-order valence-corrected chi connectivity index (χ1v) is 8.26. The maximum atomic E-state index is 6.25. The van der Waals surface area contributed by atoms with Crippen molar-refractivity contribution >= 4 is 11.6 Å². The molecular formula is C19H22ClNO. The monoisotopic (exact) mass is 315 g/mol. The van der Waals surface area contributed by atoms with E-state index in [0.29, 0.717) is 6.04 Å². The number of hydrogen-bond donors (Lipinski definition) is 1. The Kier molecular flexibility index (Phi) is 5.01. The molecule has 1 atom stereocenters. The summed E-state index contributed by atoms with van der Waals surface area (Å²) in [5.41, 5.74) is 4.07. The normalized spacial score (nSPS) is 17.6. The minimum absolute atomic E-state index is 0.507. The first-order valence-electron chi connectivity index (χ1n) is 7.89. The van der Waals surface area contributed by atoms with Crippen LogP contribution in [0, 0.1) is 0 Å². The molecule has 2 nitrogen and oxygen atoms in total. The van der Waals surface area contributed by atoms with E-state index in [2.05, 4.69) is 47.8 Å². The second-order valence-electron chi connectivity index (χ2n) is 5.92. The average molecular weight is 316 g/mol. The van der Waals surface area contributed by atoms with Gasteiger partial charge >= 0.3 is 0 Å². The van der Waals surface area contributed by atoms with Gasteiger partial charge in [0.1, 0.15) is 5.75 Å². The summed E-state index contributed by atoms with van der Waals surface area (Å²) in [7, 11) is 1.68. The molecule has 0 saturated heterocycles. The largest absolute Gasteiger partial charge is 0.495 e. The van der Waals surface area contributed by atoms with Crippen LogP contribution >= 0.6 is 11.6 Å². The van der Waals surface area contributed by atoms with Crippen LogP contribution in [-0.4, -0.2) is 13.2 Å². The number of benzene rings is 2. The fraction of sp³-hybridized carbons (Fsp3) is 0.368. The molecule has 0 spiro atoms. The summed E-state index contributed by atoms with van der Waals surface area (Å²) in [6, 6.07) is 15.3. The average Bonchev–Trinajstić information content (AvgIpc) is 2.74. The van der Waals surface area contributed by atoms with Crippen LogP contribution in [0.25, 0.3) is 0 Å². The lowest BCUT2D eigenvalue weighted by Crippen LogP contribution is -2.30. The molecule has 1 aliphatic rings. The number of methoxy groups -OCH3 is 1. The van der Waals surface area contributed by atoms with Gasteiger partial charge in [-0.2, -0.15) is 0 Å². The number of halogens is 1. The van der Waals surface area contributed by atoms with Crippen LogP contribution in [0.1, 0.15) is 29.5 Å². The zero-order valence-corrected chi connectivity index (χ0v) is 13.7. The van der Waals surface area contributed by atoms with Crippen molar-refractivity contribution in [2.75, 3.05) is 7.11 Å². The van der Waals surface area contributed by atoms with Crippen LogP contribution < -0.4 is 10.1 Å². The van der Waals surface area contributed by atoms with Crippen molar-refractivity contribution in [1.29, 1.82) is 0 Å². The van der Waals surface area contributed by atoms with Crippen LogP contribution in [0.3, 0.4) is 0 Å². The number of ether oxygens (including phenoxy) is 1. The predicted octanol–water partition coefficient (Wildman–Crippen LogP) is 4.39. The predicted molar refractivity (Wildman–Crippen MR) is 91.7 cm³/mol. The lowest BCUT2D eigenvalue weighted by molar-refractivity contribution is 0.413. The summed E-state index contributed by atoms with van der Waals surface area (Å²) in [5, 5.41) is 4.42. The number of fused-ring (bicyclic) bond motifs is 1. The molecular weight excluding hydrogens is 294 g/mol. The van der Waals surface area contributed by atoms with E-state index in [1.165, 1.54) is 29.5 Å². The third kappa shape index (κ3) is 3.63. The third-order valence-electron chi connectivity index (χ3n) is 4.38. The highest BCUT2D eigenvalue weighted by atomic mass is 35.5. The molecule has 2 aromatic rings. The fourth-order valence-corrected chi connectivity index (χ4v) is 3.42. The smallest absolute Gasteiger partial charge is 0.137 e. The Morgan fingerprint density at radius 2 is 2.00 bits per heavy atom. The highest BCUT2D eigenvalue weighted by Gasteiger charge is 2.18. The van der Waals surface area contributed by atoms with Crippen molar-refractivity contribution in [3.63, 3.8) is 0 Å². The van der Waals surface area contributed by atoms with E-state index in [9.17, 15) is 0 Å². The summed E-state index contributed by atoms with van der Waals surface area (Å²) in [6.07, 6.45) is 4.53. The molecule has 0 aliphatic heterocycles. The van der Waals surface area contributed by atoms with Gasteiger partial charge in [0.25, 0.3) is 0 Å². The van der Waals surface area contributed by atoms with Gasteiger partial charge in [0, 0.05) is 12.6 Å². The van der Waals surface area contributed by atoms with Gasteiger partial charge in [-0.1, -0.05) is 41.9 Å². The van der Waals surface area contributed by atoms with Crippen molar-refractivity contribution in [3.05, 3.63) is 64.2 Å². The lowest BCUT2D eigenvalue weighted by atomic mass is 10.0. The fourth-order valence-electron chi connectivity index (χ4n) is 3.15. The molecule has 1 N–H and O–H groups in total. The number of aryl methyl sites for hydroxylation is 1. The molecule has 116 valence electrons. The van der Waals surface area contributed by atoms with Gasteiger partial charge in [0.2, 0.25) is 0 Å². The number of nitrogens with one attached hydrogen (secondary N) is 1. The first-order chi connectivity index (χ1) is 10.8. The van der Waals surface area contributed by atoms with E-state index in [1.807, 2.05) is 0 Å². The molecule has 1 unspecified atom stereocenters. The van der Waals surface area contributed by atoms with E-state index in [0.717, 1.165) is 30.2 Å². The SMILES string of the molecule is COc1cc2c(cc1Cl)CCCC(NCc1ccccc1)C2. The number of hydrogen-bond acceptors (Lipinski definition) is 2. The molecule has 3 heteroatoms. The molecule has 0 fully saturated rings. The van der Waals surface area contributed by atoms with E-state index in [1.54, 1.807) is 7.11 Å². The molecule has 0 radical (unpaired) electrons. The molecule has 0 amide bonds. The second-order valence-corrected chi connectivity index (χ2v) is 6.32. The molecule has 3 rings (SSSR count). The Balaban J connectivity index is 1.71. The van der Waals surface area contributed by atoms with Gasteiger partial charge in [0.15, 0.2) is 0 Å². The van der Waals surface area contributed by atoms with E-state index < -0.39 is 0 Å². The summed E-state index contributed by atoms with van der Waals surface area (Å²) in [4.78, 5) is 0. The van der Waals surface area contributed by atoms with Crippen molar-refractivity contribution in [1.82, 2.24) is 5.32 Å². The van der Waals surface area contributed by atoms with Crippen LogP contribution in [0.15, 0.2) is 42.5 Å². The summed E-state index contributed by atoms with van der Waals surface area (Å²) in [6.45, 7) is 0.922. The first kappa shape index (κ1) is 15.4. The van der Waals surface area contributed by atoms with Gasteiger partial charge < -0.3 is 10.1 Å². The van der Waals surface area contributed by atoms with Crippen LogP contribution in [0.5, 0.6) is 5.75 Å². The quantitative estimate of drug-likeness (QED) is 0.845. The Bertz CT molecular complexity index is 627. The summed E-state index contributed by atoms with van der Waals surface area (Å²) in [5.74, 6) is 0.782. The molecule has 0 aromatic heterocycles. The second kappa shape index (κ2) is 7.17. The molecule has 22 heavy (non-hydrogen) atoms. The standard InChI is InChI=1S/C19H22ClNO/c1-22-19-12-16-10-17(9-5-8-15(16)11-18(19)20)21-13-14-6-3-2-4-7-14/h2-4,6-7,11-12,17,21H,5,8-10,13H2,1H3. The highest BCUT2D eigenvalue weighted by molar-refractivity contribution is 6.32. The molecule has 1 aliphatic carbocycles. The Morgan fingerprint density at radius 3 is 2.77 bits per heavy atom. The Hall–Kier alpha value is -1.51. The van der Waals surface area contributed by atoms with Gasteiger partial charge in [-0.3, -0.25) is 0 Å². The van der Waals surface area contributed by atoms with Gasteiger partial charge in [-0.25, -0.2) is 0 Å². The van der Waals surface area contributed by atoms with E-state index in [-0.39, 0.29) is 0 Å². The van der Waals surface area contributed by atoms with Crippen molar-refractivity contribution in [3.8, 4) is 5.75 Å². The minimum Gasteiger partial charge on any atom is -0.495 e. The van der Waals surface area contributed by atoms with Crippen molar-refractivity contribution in [2.45, 2.75) is 38.3 Å². The van der Waals surface area contributed by atoms with Crippen molar-refractivity contribution < 1.29 is 4.74 Å². The number of rotatable bonds is 4. The molecule has 0 bridgehead atoms. The summed E-state index contributed by atoms with van der Waals surface area (Å²) < 4.78 is 5.36.